The standard InChI is InChI=1S/C20H24N2O2S.C2H6/c1-25-21-18-4-2-15(3-5-18)17-12-16-6-9-24-14-19(16)20(13-17)22-7-10-23-11-8-22;1-2/h2-5,12-13,21H,6-11,14H2,1H3;1-2H3. The van der Waals surface area contributed by atoms with Gasteiger partial charge in [-0.05, 0) is 41.3 Å². The first-order chi connectivity index (χ1) is 13.3. The molecule has 2 aromatic rings. The van der Waals surface area contributed by atoms with Crippen LogP contribution >= 0.6 is 11.9 Å². The molecule has 0 radical (unpaired) electrons. The van der Waals surface area contributed by atoms with Crippen molar-refractivity contribution < 1.29 is 9.47 Å². The Kier molecular flexibility index (Phi) is 7.44. The SMILES string of the molecule is CC.CSNc1ccc(-c2cc3c(c(N4CCOCC4)c2)COCC3)cc1. The number of benzene rings is 2. The Morgan fingerprint density at radius 2 is 1.67 bits per heavy atom. The van der Waals surface area contributed by atoms with E-state index in [-0.39, 0.29) is 0 Å². The molecule has 1 fully saturated rings. The molecule has 0 aromatic heterocycles. The van der Waals surface area contributed by atoms with E-state index in [9.17, 15) is 0 Å². The van der Waals surface area contributed by atoms with E-state index in [4.69, 9.17) is 9.47 Å². The van der Waals surface area contributed by atoms with Crippen molar-refractivity contribution in [2.45, 2.75) is 26.9 Å². The molecule has 1 N–H and O–H groups in total. The third-order valence-electron chi connectivity index (χ3n) is 4.87. The van der Waals surface area contributed by atoms with Gasteiger partial charge in [-0.1, -0.05) is 44.0 Å². The molecular weight excluding hydrogens is 356 g/mol. The lowest BCUT2D eigenvalue weighted by Crippen LogP contribution is -2.37. The van der Waals surface area contributed by atoms with Crippen LogP contribution in [0.2, 0.25) is 0 Å². The van der Waals surface area contributed by atoms with Crippen LogP contribution < -0.4 is 9.62 Å². The number of fused-ring (bicyclic) bond motifs is 1. The first-order valence-electron chi connectivity index (χ1n) is 9.81. The average Bonchev–Trinajstić information content (AvgIpc) is 2.76. The lowest BCUT2D eigenvalue weighted by atomic mass is 9.94. The van der Waals surface area contributed by atoms with Gasteiger partial charge in [0.15, 0.2) is 0 Å². The van der Waals surface area contributed by atoms with Crippen LogP contribution in [0.15, 0.2) is 36.4 Å². The summed E-state index contributed by atoms with van der Waals surface area (Å²) in [7, 11) is 0. The summed E-state index contributed by atoms with van der Waals surface area (Å²) < 4.78 is 14.6. The van der Waals surface area contributed by atoms with Crippen LogP contribution in [0.3, 0.4) is 0 Å². The van der Waals surface area contributed by atoms with Gasteiger partial charge in [0.05, 0.1) is 26.4 Å². The van der Waals surface area contributed by atoms with Gasteiger partial charge >= 0.3 is 0 Å². The summed E-state index contributed by atoms with van der Waals surface area (Å²) >= 11 is 1.61. The number of anilines is 2. The Hall–Kier alpha value is -1.69. The summed E-state index contributed by atoms with van der Waals surface area (Å²) in [6.45, 7) is 9.04. The summed E-state index contributed by atoms with van der Waals surface area (Å²) in [5.41, 5.74) is 7.79. The van der Waals surface area contributed by atoms with Gasteiger partial charge in [0.1, 0.15) is 0 Å². The highest BCUT2D eigenvalue weighted by molar-refractivity contribution is 7.99. The summed E-state index contributed by atoms with van der Waals surface area (Å²) in [4.78, 5) is 2.45. The maximum Gasteiger partial charge on any atom is 0.0739 e. The molecule has 0 aliphatic carbocycles. The molecule has 2 aromatic carbocycles. The normalized spacial score (nSPS) is 16.2. The van der Waals surface area contributed by atoms with E-state index in [2.05, 4.69) is 46.0 Å². The van der Waals surface area contributed by atoms with Gasteiger partial charge in [0.25, 0.3) is 0 Å². The zero-order valence-electron chi connectivity index (χ0n) is 16.6. The molecule has 0 unspecified atom stereocenters. The lowest BCUT2D eigenvalue weighted by Gasteiger charge is -2.33. The number of morpholine rings is 1. The van der Waals surface area contributed by atoms with E-state index in [1.807, 2.05) is 20.1 Å². The largest absolute Gasteiger partial charge is 0.378 e. The average molecular weight is 387 g/mol. The van der Waals surface area contributed by atoms with Gasteiger partial charge < -0.3 is 19.1 Å². The number of nitrogens with one attached hydrogen (secondary N) is 1. The van der Waals surface area contributed by atoms with Crippen LogP contribution in [-0.2, 0) is 22.5 Å². The Morgan fingerprint density at radius 1 is 0.926 bits per heavy atom. The van der Waals surface area contributed by atoms with Gasteiger partial charge in [0.2, 0.25) is 0 Å². The quantitative estimate of drug-likeness (QED) is 0.750. The number of rotatable bonds is 4. The molecule has 5 heteroatoms. The van der Waals surface area contributed by atoms with Crippen molar-refractivity contribution in [2.24, 2.45) is 0 Å². The van der Waals surface area contributed by atoms with Gasteiger partial charge in [-0.3, -0.25) is 0 Å². The lowest BCUT2D eigenvalue weighted by molar-refractivity contribution is 0.109. The summed E-state index contributed by atoms with van der Waals surface area (Å²) in [6, 6.07) is 13.4. The zero-order valence-corrected chi connectivity index (χ0v) is 17.4. The monoisotopic (exact) mass is 386 g/mol. The number of ether oxygens (including phenoxy) is 2. The number of hydrogen-bond donors (Lipinski definition) is 1. The summed E-state index contributed by atoms with van der Waals surface area (Å²) in [6.07, 6.45) is 3.03. The van der Waals surface area contributed by atoms with Crippen LogP contribution in [0, 0.1) is 0 Å². The number of nitrogens with zero attached hydrogens (tertiary/aromatic N) is 1. The van der Waals surface area contributed by atoms with E-state index < -0.39 is 0 Å². The Bertz CT molecular complexity index is 728. The van der Waals surface area contributed by atoms with Gasteiger partial charge in [-0.2, -0.15) is 0 Å². The fourth-order valence-corrected chi connectivity index (χ4v) is 3.93. The molecule has 0 bridgehead atoms. The molecule has 0 amide bonds. The van der Waals surface area contributed by atoms with Crippen LogP contribution in [0.4, 0.5) is 11.4 Å². The second-order valence-electron chi connectivity index (χ2n) is 6.42. The van der Waals surface area contributed by atoms with E-state index in [0.717, 1.165) is 51.6 Å². The van der Waals surface area contributed by atoms with Crippen LogP contribution in [-0.4, -0.2) is 39.2 Å². The van der Waals surface area contributed by atoms with Gasteiger partial charge in [-0.15, -0.1) is 0 Å². The first kappa shape index (κ1) is 20.1. The fraction of sp³-hybridized carbons (Fsp3) is 0.455. The molecule has 2 aliphatic rings. The predicted octanol–water partition coefficient (Wildman–Crippen LogP) is 4.98. The van der Waals surface area contributed by atoms with Gasteiger partial charge in [0, 0.05) is 36.3 Å². The highest BCUT2D eigenvalue weighted by atomic mass is 32.2. The van der Waals surface area contributed by atoms with Crippen molar-refractivity contribution in [3.05, 3.63) is 47.5 Å². The molecule has 0 atom stereocenters. The molecule has 2 aliphatic heterocycles. The minimum Gasteiger partial charge on any atom is -0.378 e. The Balaban J connectivity index is 0.00000102. The minimum atomic E-state index is 0.721. The smallest absolute Gasteiger partial charge is 0.0739 e. The second kappa shape index (κ2) is 10.0. The van der Waals surface area contributed by atoms with E-state index in [0.29, 0.717) is 0 Å². The summed E-state index contributed by atoms with van der Waals surface area (Å²) in [5.74, 6) is 0. The van der Waals surface area contributed by atoms with E-state index >= 15 is 0 Å². The van der Waals surface area contributed by atoms with E-state index in [1.165, 1.54) is 27.9 Å². The molecule has 4 rings (SSSR count). The molecule has 1 saturated heterocycles. The Morgan fingerprint density at radius 3 is 2.37 bits per heavy atom. The first-order valence-corrected chi connectivity index (χ1v) is 11.0. The van der Waals surface area contributed by atoms with Crippen molar-refractivity contribution in [3.63, 3.8) is 0 Å². The topological polar surface area (TPSA) is 33.7 Å². The van der Waals surface area contributed by atoms with Crippen LogP contribution in [0.5, 0.6) is 0 Å². The van der Waals surface area contributed by atoms with Crippen molar-refractivity contribution in [3.8, 4) is 11.1 Å². The molecule has 0 spiro atoms. The maximum absolute atomic E-state index is 5.75. The van der Waals surface area contributed by atoms with Crippen LogP contribution in [0.1, 0.15) is 25.0 Å². The maximum atomic E-state index is 5.75. The predicted molar refractivity (Wildman–Crippen MR) is 117 cm³/mol. The van der Waals surface area contributed by atoms with Crippen LogP contribution in [0.25, 0.3) is 11.1 Å². The Labute approximate surface area is 167 Å². The molecule has 146 valence electrons. The van der Waals surface area contributed by atoms with Crippen molar-refractivity contribution in [1.82, 2.24) is 0 Å². The fourth-order valence-electron chi connectivity index (χ4n) is 3.56. The van der Waals surface area contributed by atoms with Crippen molar-refractivity contribution in [1.29, 1.82) is 0 Å². The number of hydrogen-bond acceptors (Lipinski definition) is 5. The second-order valence-corrected chi connectivity index (χ2v) is 7.03. The molecule has 0 saturated carbocycles. The van der Waals surface area contributed by atoms with E-state index in [1.54, 1.807) is 11.9 Å². The van der Waals surface area contributed by atoms with Gasteiger partial charge in [-0.25, -0.2) is 0 Å². The highest BCUT2D eigenvalue weighted by Crippen LogP contribution is 2.35. The molecular formula is C22H30N2O2S. The molecule has 2 heterocycles. The van der Waals surface area contributed by atoms with Crippen molar-refractivity contribution >= 4 is 23.3 Å². The zero-order chi connectivity index (χ0) is 19.1. The molecule has 4 nitrogen and oxygen atoms in total. The molecule has 27 heavy (non-hydrogen) atoms. The van der Waals surface area contributed by atoms with Crippen molar-refractivity contribution in [2.75, 3.05) is 48.8 Å². The minimum absolute atomic E-state index is 0.721. The summed E-state index contributed by atoms with van der Waals surface area (Å²) in [5, 5.41) is 0. The highest BCUT2D eigenvalue weighted by Gasteiger charge is 2.21. The third kappa shape index (κ3) is 4.78. The third-order valence-corrected chi connectivity index (χ3v) is 5.31.